The molecule has 4 nitrogen and oxygen atoms in total. The zero-order valence-electron chi connectivity index (χ0n) is 12.5. The van der Waals surface area contributed by atoms with Gasteiger partial charge in [0.1, 0.15) is 5.75 Å². The fourth-order valence-electron chi connectivity index (χ4n) is 2.12. The number of aromatic carboxylic acids is 1. The lowest BCUT2D eigenvalue weighted by atomic mass is 10.1. The maximum Gasteiger partial charge on any atom is 0.335 e. The van der Waals surface area contributed by atoms with Gasteiger partial charge in [0.05, 0.1) is 12.2 Å². The van der Waals surface area contributed by atoms with Gasteiger partial charge in [0.15, 0.2) is 0 Å². The van der Waals surface area contributed by atoms with Crippen LogP contribution < -0.4 is 10.1 Å². The number of carboxylic acids is 1. The monoisotopic (exact) mass is 319 g/mol. The number of aryl methyl sites for hydroxylation is 1. The molecule has 0 radical (unpaired) electrons. The predicted molar refractivity (Wildman–Crippen MR) is 88.1 cm³/mol. The largest absolute Gasteiger partial charge is 0.494 e. The molecule has 0 bridgehead atoms. The normalized spacial score (nSPS) is 10.3. The van der Waals surface area contributed by atoms with E-state index in [1.165, 1.54) is 0 Å². The Morgan fingerprint density at radius 2 is 2.05 bits per heavy atom. The third-order valence-electron chi connectivity index (χ3n) is 3.28. The average Bonchev–Trinajstić information content (AvgIpc) is 2.48. The standard InChI is InChI=1S/C17H18ClNO3/c1-3-22-16-7-6-14(18)8-13(16)10-19-15-9-12(17(20)21)5-4-11(15)2/h4-9,19H,3,10H2,1-2H3,(H,20,21). The van der Waals surface area contributed by atoms with Gasteiger partial charge in [-0.15, -0.1) is 0 Å². The van der Waals surface area contributed by atoms with Crippen molar-refractivity contribution in [1.82, 2.24) is 0 Å². The Hall–Kier alpha value is -2.20. The second kappa shape index (κ2) is 7.18. The molecule has 0 unspecified atom stereocenters. The van der Waals surface area contributed by atoms with E-state index in [2.05, 4.69) is 5.32 Å². The molecule has 0 heterocycles. The number of ether oxygens (including phenoxy) is 1. The lowest BCUT2D eigenvalue weighted by molar-refractivity contribution is 0.0697. The van der Waals surface area contributed by atoms with Gasteiger partial charge >= 0.3 is 5.97 Å². The van der Waals surface area contributed by atoms with Crippen LogP contribution in [0.5, 0.6) is 5.75 Å². The van der Waals surface area contributed by atoms with Crippen molar-refractivity contribution in [2.45, 2.75) is 20.4 Å². The lowest BCUT2D eigenvalue weighted by Gasteiger charge is -2.14. The van der Waals surface area contributed by atoms with Crippen LogP contribution in [0.3, 0.4) is 0 Å². The number of halogens is 1. The van der Waals surface area contributed by atoms with Gasteiger partial charge in [0.2, 0.25) is 0 Å². The molecule has 0 aromatic heterocycles. The lowest BCUT2D eigenvalue weighted by Crippen LogP contribution is -2.06. The molecule has 0 aliphatic rings. The maximum atomic E-state index is 11.1. The van der Waals surface area contributed by atoms with Gasteiger partial charge in [-0.2, -0.15) is 0 Å². The van der Waals surface area contributed by atoms with Crippen molar-refractivity contribution < 1.29 is 14.6 Å². The maximum absolute atomic E-state index is 11.1. The summed E-state index contributed by atoms with van der Waals surface area (Å²) in [7, 11) is 0. The second-order valence-electron chi connectivity index (χ2n) is 4.87. The van der Waals surface area contributed by atoms with E-state index in [1.54, 1.807) is 24.3 Å². The highest BCUT2D eigenvalue weighted by Crippen LogP contribution is 2.25. The van der Waals surface area contributed by atoms with Crippen LogP contribution in [0.1, 0.15) is 28.4 Å². The van der Waals surface area contributed by atoms with Crippen molar-refractivity contribution in [3.05, 3.63) is 58.1 Å². The smallest absolute Gasteiger partial charge is 0.335 e. The number of anilines is 1. The van der Waals surface area contributed by atoms with Crippen molar-refractivity contribution in [1.29, 1.82) is 0 Å². The van der Waals surface area contributed by atoms with Gasteiger partial charge in [-0.1, -0.05) is 17.7 Å². The number of carbonyl (C=O) groups is 1. The Bertz CT molecular complexity index is 686. The molecule has 2 N–H and O–H groups in total. The quantitative estimate of drug-likeness (QED) is 0.830. The molecule has 0 fully saturated rings. The molecule has 0 amide bonds. The Labute approximate surface area is 134 Å². The van der Waals surface area contributed by atoms with E-state index < -0.39 is 5.97 Å². The zero-order chi connectivity index (χ0) is 16.1. The van der Waals surface area contributed by atoms with E-state index >= 15 is 0 Å². The van der Waals surface area contributed by atoms with Gasteiger partial charge < -0.3 is 15.2 Å². The predicted octanol–water partition coefficient (Wildman–Crippen LogP) is 4.36. The summed E-state index contributed by atoms with van der Waals surface area (Å²) in [5.74, 6) is -0.174. The number of nitrogens with one attached hydrogen (secondary N) is 1. The first-order valence-corrected chi connectivity index (χ1v) is 7.38. The van der Waals surface area contributed by atoms with Gasteiger partial charge in [-0.05, 0) is 49.7 Å². The molecular weight excluding hydrogens is 302 g/mol. The molecule has 0 atom stereocenters. The van der Waals surface area contributed by atoms with Crippen molar-refractivity contribution in [3.63, 3.8) is 0 Å². The number of hydrogen-bond donors (Lipinski definition) is 2. The molecule has 22 heavy (non-hydrogen) atoms. The topological polar surface area (TPSA) is 58.6 Å². The van der Waals surface area contributed by atoms with Gasteiger partial charge in [-0.25, -0.2) is 4.79 Å². The number of hydrogen-bond acceptors (Lipinski definition) is 3. The Morgan fingerprint density at radius 3 is 2.73 bits per heavy atom. The Morgan fingerprint density at radius 1 is 1.27 bits per heavy atom. The molecule has 0 aliphatic heterocycles. The van der Waals surface area contributed by atoms with Crippen molar-refractivity contribution in [2.75, 3.05) is 11.9 Å². The van der Waals surface area contributed by atoms with Crippen LogP contribution in [0.4, 0.5) is 5.69 Å². The minimum atomic E-state index is -0.944. The second-order valence-corrected chi connectivity index (χ2v) is 5.31. The first kappa shape index (κ1) is 16.2. The van der Waals surface area contributed by atoms with Crippen LogP contribution in [0, 0.1) is 6.92 Å². The Balaban J connectivity index is 2.21. The zero-order valence-corrected chi connectivity index (χ0v) is 13.3. The molecule has 116 valence electrons. The van der Waals surface area contributed by atoms with Crippen LogP contribution in [-0.2, 0) is 6.54 Å². The van der Waals surface area contributed by atoms with Crippen LogP contribution in [-0.4, -0.2) is 17.7 Å². The number of rotatable bonds is 6. The molecule has 2 aromatic rings. The summed E-state index contributed by atoms with van der Waals surface area (Å²) >= 11 is 6.04. The molecule has 0 saturated carbocycles. The van der Waals surface area contributed by atoms with Crippen LogP contribution in [0.15, 0.2) is 36.4 Å². The highest BCUT2D eigenvalue weighted by molar-refractivity contribution is 6.30. The summed E-state index contributed by atoms with van der Waals surface area (Å²) in [6.07, 6.45) is 0. The molecular formula is C17H18ClNO3. The van der Waals surface area contributed by atoms with Crippen LogP contribution in [0.2, 0.25) is 5.02 Å². The third-order valence-corrected chi connectivity index (χ3v) is 3.51. The third kappa shape index (κ3) is 3.92. The first-order chi connectivity index (χ1) is 10.5. The molecule has 0 aliphatic carbocycles. The summed E-state index contributed by atoms with van der Waals surface area (Å²) in [4.78, 5) is 11.1. The van der Waals surface area contributed by atoms with Crippen molar-refractivity contribution in [3.8, 4) is 5.75 Å². The first-order valence-electron chi connectivity index (χ1n) is 7.00. The molecule has 0 spiro atoms. The van der Waals surface area contributed by atoms with E-state index in [4.69, 9.17) is 21.4 Å². The van der Waals surface area contributed by atoms with Crippen molar-refractivity contribution >= 4 is 23.3 Å². The summed E-state index contributed by atoms with van der Waals surface area (Å²) in [5, 5.41) is 13.0. The van der Waals surface area contributed by atoms with E-state index in [0.29, 0.717) is 18.2 Å². The van der Waals surface area contributed by atoms with E-state index in [0.717, 1.165) is 22.6 Å². The number of carboxylic acid groups (broad SMARTS) is 1. The summed E-state index contributed by atoms with van der Waals surface area (Å²) in [6, 6.07) is 10.5. The van der Waals surface area contributed by atoms with Gasteiger partial charge in [-0.3, -0.25) is 0 Å². The minimum absolute atomic E-state index is 0.254. The summed E-state index contributed by atoms with van der Waals surface area (Å²) in [5.41, 5.74) is 2.94. The molecule has 5 heteroatoms. The fraction of sp³-hybridized carbons (Fsp3) is 0.235. The highest BCUT2D eigenvalue weighted by atomic mass is 35.5. The highest BCUT2D eigenvalue weighted by Gasteiger charge is 2.08. The molecule has 0 saturated heterocycles. The van der Waals surface area contributed by atoms with Gasteiger partial charge in [0, 0.05) is 22.8 Å². The van der Waals surface area contributed by atoms with Crippen LogP contribution in [0.25, 0.3) is 0 Å². The van der Waals surface area contributed by atoms with E-state index in [1.807, 2.05) is 26.0 Å². The van der Waals surface area contributed by atoms with E-state index in [-0.39, 0.29) is 5.56 Å². The molecule has 2 aromatic carbocycles. The average molecular weight is 320 g/mol. The Kier molecular flexibility index (Phi) is 5.28. The molecule has 2 rings (SSSR count). The summed E-state index contributed by atoms with van der Waals surface area (Å²) < 4.78 is 5.58. The number of benzene rings is 2. The van der Waals surface area contributed by atoms with Crippen LogP contribution >= 0.6 is 11.6 Å². The minimum Gasteiger partial charge on any atom is -0.494 e. The SMILES string of the molecule is CCOc1ccc(Cl)cc1CNc1cc(C(=O)O)ccc1C. The summed E-state index contributed by atoms with van der Waals surface area (Å²) in [6.45, 7) is 4.92. The van der Waals surface area contributed by atoms with E-state index in [9.17, 15) is 4.79 Å². The van der Waals surface area contributed by atoms with Gasteiger partial charge in [0.25, 0.3) is 0 Å². The fourth-order valence-corrected chi connectivity index (χ4v) is 2.31. The van der Waals surface area contributed by atoms with Crippen molar-refractivity contribution in [2.24, 2.45) is 0 Å².